The highest BCUT2D eigenvalue weighted by atomic mass is 16.5. The highest BCUT2D eigenvalue weighted by molar-refractivity contribution is 5.97. The molecule has 0 radical (unpaired) electrons. The average Bonchev–Trinajstić information content (AvgIpc) is 3.29. The van der Waals surface area contributed by atoms with Crippen molar-refractivity contribution in [2.75, 3.05) is 18.1 Å². The molecule has 3 rings (SSSR count). The zero-order valence-corrected chi connectivity index (χ0v) is 12.8. The summed E-state index contributed by atoms with van der Waals surface area (Å²) in [5, 5.41) is 0. The molecule has 0 saturated heterocycles. The van der Waals surface area contributed by atoms with E-state index in [4.69, 9.17) is 10.5 Å². The fourth-order valence-electron chi connectivity index (χ4n) is 2.79. The first-order valence-corrected chi connectivity index (χ1v) is 7.89. The molecule has 1 amide bonds. The number of anilines is 1. The molecule has 21 heavy (non-hydrogen) atoms. The largest absolute Gasteiger partial charge is 0.482 e. The summed E-state index contributed by atoms with van der Waals surface area (Å²) < 4.78 is 5.55. The third kappa shape index (κ3) is 3.05. The Kier molecular flexibility index (Phi) is 3.89. The normalized spacial score (nSPS) is 19.4. The second-order valence-corrected chi connectivity index (χ2v) is 6.61. The lowest BCUT2D eigenvalue weighted by molar-refractivity contribution is -0.121. The van der Waals surface area contributed by atoms with Crippen molar-refractivity contribution in [1.29, 1.82) is 0 Å². The second-order valence-electron chi connectivity index (χ2n) is 6.61. The van der Waals surface area contributed by atoms with Crippen molar-refractivity contribution < 1.29 is 9.53 Å². The summed E-state index contributed by atoms with van der Waals surface area (Å²) in [6.45, 7) is 5.23. The number of nitrogens with two attached hydrogens (primary N) is 1. The summed E-state index contributed by atoms with van der Waals surface area (Å²) in [4.78, 5) is 14.0. The Labute approximate surface area is 126 Å². The predicted octanol–water partition coefficient (Wildman–Crippen LogP) is 2.87. The van der Waals surface area contributed by atoms with Gasteiger partial charge in [0.15, 0.2) is 6.61 Å². The molecule has 114 valence electrons. The van der Waals surface area contributed by atoms with Crippen molar-refractivity contribution in [3.63, 3.8) is 0 Å². The van der Waals surface area contributed by atoms with Gasteiger partial charge >= 0.3 is 0 Å². The van der Waals surface area contributed by atoms with Crippen LogP contribution in [0.2, 0.25) is 0 Å². The van der Waals surface area contributed by atoms with Crippen LogP contribution >= 0.6 is 0 Å². The van der Waals surface area contributed by atoms with Gasteiger partial charge in [0, 0.05) is 12.6 Å². The molecule has 0 spiro atoms. The summed E-state index contributed by atoms with van der Waals surface area (Å²) in [6, 6.07) is 6.13. The van der Waals surface area contributed by atoms with Crippen LogP contribution < -0.4 is 15.4 Å². The maximum atomic E-state index is 12.2. The van der Waals surface area contributed by atoms with Gasteiger partial charge in [-0.2, -0.15) is 0 Å². The van der Waals surface area contributed by atoms with Crippen molar-refractivity contribution in [2.24, 2.45) is 17.6 Å². The van der Waals surface area contributed by atoms with E-state index in [1.807, 2.05) is 17.0 Å². The number of hydrogen-bond donors (Lipinski definition) is 1. The Balaban J connectivity index is 1.86. The molecule has 1 atom stereocenters. The van der Waals surface area contributed by atoms with Crippen LogP contribution in [-0.4, -0.2) is 19.1 Å². The van der Waals surface area contributed by atoms with Gasteiger partial charge in [-0.25, -0.2) is 0 Å². The van der Waals surface area contributed by atoms with E-state index in [2.05, 4.69) is 19.9 Å². The number of hydrogen-bond acceptors (Lipinski definition) is 3. The summed E-state index contributed by atoms with van der Waals surface area (Å²) in [7, 11) is 0. The standard InChI is InChI=1S/C17H24N2O2/c1-11(2)7-8-19-14-9-13(17(18)12-3-4-12)5-6-15(14)21-10-16(19)20/h5-6,9,11-12,17H,3-4,7-8,10,18H2,1-2H3. The van der Waals surface area contributed by atoms with Gasteiger partial charge in [0.1, 0.15) is 5.75 Å². The topological polar surface area (TPSA) is 55.6 Å². The lowest BCUT2D eigenvalue weighted by Gasteiger charge is -2.31. The Morgan fingerprint density at radius 1 is 1.38 bits per heavy atom. The Hall–Kier alpha value is -1.55. The number of carbonyl (C=O) groups excluding carboxylic acids is 1. The zero-order valence-electron chi connectivity index (χ0n) is 12.8. The van der Waals surface area contributed by atoms with Gasteiger partial charge in [-0.3, -0.25) is 4.79 Å². The molecule has 1 fully saturated rings. The summed E-state index contributed by atoms with van der Waals surface area (Å²) in [5.74, 6) is 2.01. The lowest BCUT2D eigenvalue weighted by atomic mass is 10.0. The van der Waals surface area contributed by atoms with E-state index in [9.17, 15) is 4.79 Å². The van der Waals surface area contributed by atoms with Gasteiger partial charge in [0.2, 0.25) is 0 Å². The van der Waals surface area contributed by atoms with Crippen molar-refractivity contribution in [1.82, 2.24) is 0 Å². The maximum Gasteiger partial charge on any atom is 0.265 e. The van der Waals surface area contributed by atoms with Gasteiger partial charge in [0.05, 0.1) is 5.69 Å². The molecule has 2 N–H and O–H groups in total. The van der Waals surface area contributed by atoms with E-state index in [0.29, 0.717) is 11.8 Å². The number of benzene rings is 1. The lowest BCUT2D eigenvalue weighted by Crippen LogP contribution is -2.40. The van der Waals surface area contributed by atoms with Crippen LogP contribution in [0.1, 0.15) is 44.7 Å². The van der Waals surface area contributed by atoms with Crippen LogP contribution in [0, 0.1) is 11.8 Å². The van der Waals surface area contributed by atoms with E-state index < -0.39 is 0 Å². The summed E-state index contributed by atoms with van der Waals surface area (Å²) in [6.07, 6.45) is 3.42. The number of carbonyl (C=O) groups is 1. The van der Waals surface area contributed by atoms with Crippen molar-refractivity contribution >= 4 is 11.6 Å². The van der Waals surface area contributed by atoms with E-state index in [1.165, 1.54) is 12.8 Å². The summed E-state index contributed by atoms with van der Waals surface area (Å²) in [5.41, 5.74) is 8.30. The Morgan fingerprint density at radius 3 is 2.81 bits per heavy atom. The van der Waals surface area contributed by atoms with E-state index in [1.54, 1.807) is 0 Å². The van der Waals surface area contributed by atoms with Crippen LogP contribution in [0.15, 0.2) is 18.2 Å². The molecular formula is C17H24N2O2. The molecule has 0 bridgehead atoms. The SMILES string of the molecule is CC(C)CCN1C(=O)COc2ccc(C(N)C3CC3)cc21. The highest BCUT2D eigenvalue weighted by Gasteiger charge is 2.31. The fourth-order valence-corrected chi connectivity index (χ4v) is 2.79. The first-order chi connectivity index (χ1) is 10.1. The van der Waals surface area contributed by atoms with Crippen LogP contribution in [0.4, 0.5) is 5.69 Å². The molecule has 1 saturated carbocycles. The molecule has 1 aliphatic heterocycles. The quantitative estimate of drug-likeness (QED) is 0.906. The predicted molar refractivity (Wildman–Crippen MR) is 83.4 cm³/mol. The number of amides is 1. The number of fused-ring (bicyclic) bond motifs is 1. The molecule has 4 nitrogen and oxygen atoms in total. The third-order valence-electron chi connectivity index (χ3n) is 4.37. The minimum Gasteiger partial charge on any atom is -0.482 e. The number of rotatable bonds is 5. The highest BCUT2D eigenvalue weighted by Crippen LogP contribution is 2.42. The number of ether oxygens (including phenoxy) is 1. The molecule has 4 heteroatoms. The van der Waals surface area contributed by atoms with Gasteiger partial charge in [-0.15, -0.1) is 0 Å². The molecule has 1 heterocycles. The van der Waals surface area contributed by atoms with Crippen LogP contribution in [0.25, 0.3) is 0 Å². The fraction of sp³-hybridized carbons (Fsp3) is 0.588. The first-order valence-electron chi connectivity index (χ1n) is 7.89. The van der Waals surface area contributed by atoms with E-state index >= 15 is 0 Å². The molecular weight excluding hydrogens is 264 g/mol. The third-order valence-corrected chi connectivity index (χ3v) is 4.37. The van der Waals surface area contributed by atoms with E-state index in [-0.39, 0.29) is 18.6 Å². The molecule has 0 aromatic heterocycles. The van der Waals surface area contributed by atoms with Crippen LogP contribution in [0.3, 0.4) is 0 Å². The zero-order chi connectivity index (χ0) is 15.0. The van der Waals surface area contributed by atoms with Gasteiger partial charge < -0.3 is 15.4 Å². The molecule has 1 aromatic carbocycles. The molecule has 1 unspecified atom stereocenters. The molecule has 1 aromatic rings. The van der Waals surface area contributed by atoms with E-state index in [0.717, 1.165) is 30.0 Å². The maximum absolute atomic E-state index is 12.2. The second kappa shape index (κ2) is 5.68. The van der Waals surface area contributed by atoms with Crippen LogP contribution in [0.5, 0.6) is 5.75 Å². The minimum atomic E-state index is 0.0419. The molecule has 1 aliphatic carbocycles. The smallest absolute Gasteiger partial charge is 0.265 e. The van der Waals surface area contributed by atoms with Crippen molar-refractivity contribution in [3.05, 3.63) is 23.8 Å². The Bertz CT molecular complexity index is 538. The first kappa shape index (κ1) is 14.4. The monoisotopic (exact) mass is 288 g/mol. The average molecular weight is 288 g/mol. The van der Waals surface area contributed by atoms with Crippen molar-refractivity contribution in [3.8, 4) is 5.75 Å². The van der Waals surface area contributed by atoms with Crippen molar-refractivity contribution in [2.45, 2.75) is 39.2 Å². The van der Waals surface area contributed by atoms with Gasteiger partial charge in [-0.1, -0.05) is 19.9 Å². The number of nitrogens with zero attached hydrogens (tertiary/aromatic N) is 1. The molecule has 2 aliphatic rings. The van der Waals surface area contributed by atoms with Crippen LogP contribution in [-0.2, 0) is 4.79 Å². The summed E-state index contributed by atoms with van der Waals surface area (Å²) >= 11 is 0. The Morgan fingerprint density at radius 2 is 2.14 bits per heavy atom. The van der Waals surface area contributed by atoms with Gasteiger partial charge in [0.25, 0.3) is 5.91 Å². The minimum absolute atomic E-state index is 0.0419. The van der Waals surface area contributed by atoms with Gasteiger partial charge in [-0.05, 0) is 48.8 Å².